The van der Waals surface area contributed by atoms with E-state index in [0.717, 1.165) is 66.0 Å². The second-order valence-electron chi connectivity index (χ2n) is 16.6. The molecule has 4 heterocycles. The first-order chi connectivity index (χ1) is 30.7. The van der Waals surface area contributed by atoms with Crippen molar-refractivity contribution in [2.45, 2.75) is 5.41 Å². The van der Waals surface area contributed by atoms with Crippen LogP contribution in [0.4, 0.5) is 0 Å². The van der Waals surface area contributed by atoms with Gasteiger partial charge in [0.25, 0.3) is 0 Å². The highest BCUT2D eigenvalue weighted by Crippen LogP contribution is 2.62. The summed E-state index contributed by atoms with van der Waals surface area (Å²) >= 11 is 0. The molecule has 0 fully saturated rings. The number of hydrogen-bond acceptors (Lipinski definition) is 5. The Hall–Kier alpha value is -8.35. The molecule has 2 aliphatic rings. The monoisotopic (exact) mass is 790 g/mol. The van der Waals surface area contributed by atoms with Gasteiger partial charge in [-0.3, -0.25) is 4.57 Å². The van der Waals surface area contributed by atoms with Crippen molar-refractivity contribution < 1.29 is 8.83 Å². The van der Waals surface area contributed by atoms with Gasteiger partial charge in [-0.25, -0.2) is 4.98 Å². The fraction of sp³-hybridized carbons (Fsp3) is 0.0179. The molecular weight excluding hydrogens is 761 g/mol. The minimum absolute atomic E-state index is 0.518. The lowest BCUT2D eigenvalue weighted by Gasteiger charge is -2.37. The third kappa shape index (κ3) is 3.93. The number of aromatic nitrogens is 4. The van der Waals surface area contributed by atoms with Crippen molar-refractivity contribution >= 4 is 76.5 Å². The van der Waals surface area contributed by atoms with E-state index in [4.69, 9.17) is 23.8 Å². The molecule has 0 amide bonds. The zero-order valence-corrected chi connectivity index (χ0v) is 32.9. The summed E-state index contributed by atoms with van der Waals surface area (Å²) in [6.07, 6.45) is 0. The average Bonchev–Trinajstić information content (AvgIpc) is 4.08. The van der Waals surface area contributed by atoms with Crippen LogP contribution in [0.1, 0.15) is 22.3 Å². The second kappa shape index (κ2) is 11.5. The molecule has 0 N–H and O–H groups in total. The molecule has 0 unspecified atom stereocenters. The Morgan fingerprint density at radius 2 is 0.968 bits per heavy atom. The zero-order chi connectivity index (χ0) is 40.3. The van der Waals surface area contributed by atoms with Crippen LogP contribution in [-0.2, 0) is 5.41 Å². The summed E-state index contributed by atoms with van der Waals surface area (Å²) in [5.41, 5.74) is 14.3. The summed E-state index contributed by atoms with van der Waals surface area (Å²) in [5, 5.41) is 8.96. The number of para-hydroxylation sites is 2. The van der Waals surface area contributed by atoms with Crippen LogP contribution in [0.25, 0.3) is 116 Å². The Morgan fingerprint density at radius 3 is 1.81 bits per heavy atom. The van der Waals surface area contributed by atoms with Crippen molar-refractivity contribution in [1.82, 2.24) is 19.5 Å². The molecule has 0 atom stereocenters. The van der Waals surface area contributed by atoms with Crippen LogP contribution in [0.3, 0.4) is 0 Å². The predicted octanol–water partition coefficient (Wildman–Crippen LogP) is 13.9. The minimum atomic E-state index is -0.518. The van der Waals surface area contributed by atoms with Crippen LogP contribution >= 0.6 is 0 Å². The van der Waals surface area contributed by atoms with E-state index < -0.39 is 5.41 Å². The molecule has 4 aromatic heterocycles. The third-order valence-electron chi connectivity index (χ3n) is 13.7. The quantitative estimate of drug-likeness (QED) is 0.178. The molecular formula is C56H30N4O2. The summed E-state index contributed by atoms with van der Waals surface area (Å²) < 4.78 is 14.9. The Labute approximate surface area is 353 Å². The van der Waals surface area contributed by atoms with Gasteiger partial charge in [0.2, 0.25) is 5.95 Å². The normalized spacial score (nSPS) is 13.6. The van der Waals surface area contributed by atoms with Gasteiger partial charge in [-0.05, 0) is 92.7 Å². The van der Waals surface area contributed by atoms with E-state index in [-0.39, 0.29) is 0 Å². The molecule has 13 aromatic rings. The highest BCUT2D eigenvalue weighted by molar-refractivity contribution is 6.26. The molecule has 6 nitrogen and oxygen atoms in total. The van der Waals surface area contributed by atoms with Crippen molar-refractivity contribution in [2.75, 3.05) is 0 Å². The number of rotatable bonds is 3. The molecule has 62 heavy (non-hydrogen) atoms. The molecule has 0 radical (unpaired) electrons. The Kier molecular flexibility index (Phi) is 6.01. The number of hydrogen-bond donors (Lipinski definition) is 0. The molecule has 0 aliphatic heterocycles. The fourth-order valence-corrected chi connectivity index (χ4v) is 11.3. The van der Waals surface area contributed by atoms with E-state index in [0.29, 0.717) is 17.6 Å². The fourth-order valence-electron chi connectivity index (χ4n) is 11.3. The Morgan fingerprint density at radius 1 is 0.371 bits per heavy atom. The summed E-state index contributed by atoms with van der Waals surface area (Å²) in [6, 6.07) is 64.8. The van der Waals surface area contributed by atoms with Crippen LogP contribution in [0.5, 0.6) is 0 Å². The van der Waals surface area contributed by atoms with E-state index in [1.54, 1.807) is 0 Å². The van der Waals surface area contributed by atoms with Crippen LogP contribution in [0.15, 0.2) is 191 Å². The van der Waals surface area contributed by atoms with Gasteiger partial charge >= 0.3 is 0 Å². The van der Waals surface area contributed by atoms with Gasteiger partial charge in [0.15, 0.2) is 11.6 Å². The Balaban J connectivity index is 1.07. The van der Waals surface area contributed by atoms with E-state index in [9.17, 15) is 0 Å². The predicted molar refractivity (Wildman–Crippen MR) is 248 cm³/mol. The average molecular weight is 791 g/mol. The molecule has 0 bridgehead atoms. The maximum atomic E-state index is 6.40. The lowest BCUT2D eigenvalue weighted by Crippen LogP contribution is -2.30. The minimum Gasteiger partial charge on any atom is -0.456 e. The number of furan rings is 2. The first kappa shape index (κ1) is 32.5. The molecule has 15 rings (SSSR count). The van der Waals surface area contributed by atoms with Crippen LogP contribution < -0.4 is 0 Å². The molecule has 286 valence electrons. The van der Waals surface area contributed by atoms with E-state index in [1.807, 2.05) is 54.6 Å². The second-order valence-corrected chi connectivity index (χ2v) is 16.6. The van der Waals surface area contributed by atoms with Gasteiger partial charge in [0, 0.05) is 43.4 Å². The van der Waals surface area contributed by atoms with Gasteiger partial charge in [0.1, 0.15) is 22.3 Å². The SMILES string of the molecule is c1ccc2c(c1)-c1ccccc1C21c2cccc3ccc4c(c23)c2c1cccc2n4-c1nc(-c2ccc3oc4ccccc4c3c2)nc(-c2cccc3oc4ccccc4c23)n1. The van der Waals surface area contributed by atoms with E-state index >= 15 is 0 Å². The number of fused-ring (bicyclic) bond motifs is 13. The molecule has 6 heteroatoms. The molecule has 1 spiro atoms. The van der Waals surface area contributed by atoms with Gasteiger partial charge < -0.3 is 8.83 Å². The highest BCUT2D eigenvalue weighted by atomic mass is 16.3. The molecule has 2 aliphatic carbocycles. The van der Waals surface area contributed by atoms with Crippen molar-refractivity contribution in [3.63, 3.8) is 0 Å². The Bertz CT molecular complexity index is 4090. The van der Waals surface area contributed by atoms with Gasteiger partial charge in [-0.15, -0.1) is 0 Å². The van der Waals surface area contributed by atoms with E-state index in [2.05, 4.69) is 132 Å². The van der Waals surface area contributed by atoms with Crippen molar-refractivity contribution in [3.05, 3.63) is 204 Å². The van der Waals surface area contributed by atoms with Gasteiger partial charge in [-0.2, -0.15) is 9.97 Å². The van der Waals surface area contributed by atoms with Crippen LogP contribution in [-0.4, -0.2) is 19.5 Å². The maximum Gasteiger partial charge on any atom is 0.238 e. The number of nitrogens with zero attached hydrogens (tertiary/aromatic N) is 4. The lowest BCUT2D eigenvalue weighted by atomic mass is 9.63. The van der Waals surface area contributed by atoms with Gasteiger partial charge in [0.05, 0.1) is 16.4 Å². The molecule has 0 saturated heterocycles. The van der Waals surface area contributed by atoms with Crippen molar-refractivity contribution in [3.8, 4) is 39.9 Å². The summed E-state index contributed by atoms with van der Waals surface area (Å²) in [7, 11) is 0. The smallest absolute Gasteiger partial charge is 0.238 e. The first-order valence-corrected chi connectivity index (χ1v) is 21.0. The van der Waals surface area contributed by atoms with Crippen molar-refractivity contribution in [1.29, 1.82) is 0 Å². The van der Waals surface area contributed by atoms with Gasteiger partial charge in [-0.1, -0.05) is 133 Å². The van der Waals surface area contributed by atoms with Crippen LogP contribution in [0.2, 0.25) is 0 Å². The zero-order valence-electron chi connectivity index (χ0n) is 32.9. The summed E-state index contributed by atoms with van der Waals surface area (Å²) in [6.45, 7) is 0. The standard InChI is InChI=1S/C56H30N4O2/c1-5-18-39-33(13-1)34-14-2-6-19-40(34)56(39)41-20-9-12-31-26-28-44-52(49(31)41)51-42(56)21-11-22-43(51)60(44)55-58-53(32-27-29-47-38(30-32)35-15-3-7-23-45(35)61-47)57-54(59-55)37-17-10-25-48-50(37)36-16-4-8-24-46(36)62-48/h1-30H. The lowest BCUT2D eigenvalue weighted by molar-refractivity contribution is 0.668. The molecule has 0 saturated carbocycles. The molecule has 9 aromatic carbocycles. The van der Waals surface area contributed by atoms with Crippen LogP contribution in [0, 0.1) is 0 Å². The third-order valence-corrected chi connectivity index (χ3v) is 13.7. The maximum absolute atomic E-state index is 6.40. The van der Waals surface area contributed by atoms with Crippen molar-refractivity contribution in [2.24, 2.45) is 0 Å². The highest BCUT2D eigenvalue weighted by Gasteiger charge is 2.50. The number of benzene rings is 9. The largest absolute Gasteiger partial charge is 0.456 e. The topological polar surface area (TPSA) is 69.9 Å². The summed E-state index contributed by atoms with van der Waals surface area (Å²) in [4.78, 5) is 16.3. The first-order valence-electron chi connectivity index (χ1n) is 21.0. The summed E-state index contributed by atoms with van der Waals surface area (Å²) in [5.74, 6) is 1.68. The van der Waals surface area contributed by atoms with E-state index in [1.165, 1.54) is 54.9 Å².